The monoisotopic (exact) mass is 230 g/mol. The van der Waals surface area contributed by atoms with Gasteiger partial charge in [0, 0.05) is 6.08 Å². The van der Waals surface area contributed by atoms with Gasteiger partial charge in [0.2, 0.25) is 0 Å². The number of carboxylic acid groups (broad SMARTS) is 1. The van der Waals surface area contributed by atoms with Gasteiger partial charge < -0.3 is 9.52 Å². The zero-order valence-electron chi connectivity index (χ0n) is 6.37. The maximum absolute atomic E-state index is 10.1. The Balaban J connectivity index is 2.83. The van der Waals surface area contributed by atoms with Crippen LogP contribution in [-0.4, -0.2) is 11.1 Å². The lowest BCUT2D eigenvalue weighted by molar-refractivity contribution is -0.131. The lowest BCUT2D eigenvalue weighted by Gasteiger charge is -1.82. The second-order valence-corrected chi connectivity index (χ2v) is 3.08. The van der Waals surface area contributed by atoms with Crippen LogP contribution in [0.1, 0.15) is 11.5 Å². The number of hydrogen-bond donors (Lipinski definition) is 1. The van der Waals surface area contributed by atoms with Crippen molar-refractivity contribution in [2.75, 3.05) is 0 Å². The highest BCUT2D eigenvalue weighted by Gasteiger charge is 2.01. The standard InChI is InChI=1S/C8H7BrO3/c1-5-7(9)4-6(12-5)2-3-8(10)11/h2-4H,1H3,(H,10,11)/b3-2+. The van der Waals surface area contributed by atoms with Crippen LogP contribution in [0.15, 0.2) is 21.0 Å². The van der Waals surface area contributed by atoms with E-state index in [0.29, 0.717) is 5.76 Å². The molecule has 0 saturated carbocycles. The molecule has 0 atom stereocenters. The van der Waals surface area contributed by atoms with Gasteiger partial charge in [0.25, 0.3) is 0 Å². The maximum atomic E-state index is 10.1. The summed E-state index contributed by atoms with van der Waals surface area (Å²) in [5, 5.41) is 8.31. The minimum Gasteiger partial charge on any atom is -0.478 e. The van der Waals surface area contributed by atoms with Crippen molar-refractivity contribution in [3.63, 3.8) is 0 Å². The quantitative estimate of drug-likeness (QED) is 0.795. The fourth-order valence-corrected chi connectivity index (χ4v) is 1.02. The van der Waals surface area contributed by atoms with Crippen LogP contribution in [0.4, 0.5) is 0 Å². The summed E-state index contributed by atoms with van der Waals surface area (Å²) in [6.45, 7) is 1.79. The molecule has 0 spiro atoms. The van der Waals surface area contributed by atoms with Crippen molar-refractivity contribution in [1.82, 2.24) is 0 Å². The van der Waals surface area contributed by atoms with Crippen LogP contribution < -0.4 is 0 Å². The number of carboxylic acids is 1. The minimum absolute atomic E-state index is 0.529. The zero-order valence-corrected chi connectivity index (χ0v) is 7.96. The van der Waals surface area contributed by atoms with E-state index in [9.17, 15) is 4.79 Å². The summed E-state index contributed by atoms with van der Waals surface area (Å²) >= 11 is 3.25. The van der Waals surface area contributed by atoms with Crippen LogP contribution in [0.5, 0.6) is 0 Å². The third-order valence-corrected chi connectivity index (χ3v) is 2.05. The Morgan fingerprint density at radius 3 is 2.83 bits per heavy atom. The van der Waals surface area contributed by atoms with E-state index in [-0.39, 0.29) is 0 Å². The molecule has 4 heteroatoms. The van der Waals surface area contributed by atoms with E-state index in [2.05, 4.69) is 15.9 Å². The summed E-state index contributed by atoms with van der Waals surface area (Å²) in [6.07, 6.45) is 2.44. The zero-order chi connectivity index (χ0) is 9.14. The van der Waals surface area contributed by atoms with Crippen molar-refractivity contribution in [3.8, 4) is 0 Å². The number of aliphatic carboxylic acids is 1. The second-order valence-electron chi connectivity index (χ2n) is 2.22. The molecule has 0 aliphatic carbocycles. The Hall–Kier alpha value is -1.03. The first kappa shape index (κ1) is 9.06. The molecule has 1 rings (SSSR count). The highest BCUT2D eigenvalue weighted by Crippen LogP contribution is 2.21. The summed E-state index contributed by atoms with van der Waals surface area (Å²) < 4.78 is 6.01. The molecule has 3 nitrogen and oxygen atoms in total. The van der Waals surface area contributed by atoms with Gasteiger partial charge in [-0.05, 0) is 35.0 Å². The number of aryl methyl sites for hydroxylation is 1. The molecule has 1 heterocycles. The van der Waals surface area contributed by atoms with Crippen molar-refractivity contribution in [2.24, 2.45) is 0 Å². The molecule has 64 valence electrons. The number of halogens is 1. The molecule has 12 heavy (non-hydrogen) atoms. The first-order chi connectivity index (χ1) is 5.59. The smallest absolute Gasteiger partial charge is 0.328 e. The average Bonchev–Trinajstić information content (AvgIpc) is 2.28. The Labute approximate surface area is 77.8 Å². The van der Waals surface area contributed by atoms with E-state index in [1.165, 1.54) is 6.08 Å². The Bertz CT molecular complexity index is 306. The van der Waals surface area contributed by atoms with Crippen molar-refractivity contribution in [1.29, 1.82) is 0 Å². The van der Waals surface area contributed by atoms with Gasteiger partial charge in [-0.2, -0.15) is 0 Å². The van der Waals surface area contributed by atoms with Crippen LogP contribution in [0.25, 0.3) is 6.08 Å². The molecule has 1 N–H and O–H groups in total. The lowest BCUT2D eigenvalue weighted by atomic mass is 10.4. The average molecular weight is 231 g/mol. The Morgan fingerprint density at radius 2 is 2.42 bits per heavy atom. The van der Waals surface area contributed by atoms with Crippen molar-refractivity contribution >= 4 is 28.0 Å². The third-order valence-electron chi connectivity index (χ3n) is 1.27. The molecule has 0 bridgehead atoms. The molecule has 1 aromatic rings. The summed E-state index contributed by atoms with van der Waals surface area (Å²) in [4.78, 5) is 10.1. The Morgan fingerprint density at radius 1 is 1.75 bits per heavy atom. The van der Waals surface area contributed by atoms with Crippen LogP contribution in [0.2, 0.25) is 0 Å². The molecule has 0 fully saturated rings. The summed E-state index contributed by atoms with van der Waals surface area (Å²) in [6, 6.07) is 1.72. The van der Waals surface area contributed by atoms with Crippen molar-refractivity contribution in [2.45, 2.75) is 6.92 Å². The van der Waals surface area contributed by atoms with E-state index in [1.54, 1.807) is 13.0 Å². The Kier molecular flexibility index (Phi) is 2.70. The van der Waals surface area contributed by atoms with Gasteiger partial charge in [0.1, 0.15) is 11.5 Å². The molecular formula is C8H7BrO3. The van der Waals surface area contributed by atoms with Crippen molar-refractivity contribution < 1.29 is 14.3 Å². The number of furan rings is 1. The van der Waals surface area contributed by atoms with E-state index in [4.69, 9.17) is 9.52 Å². The summed E-state index contributed by atoms with van der Waals surface area (Å²) in [5.41, 5.74) is 0. The summed E-state index contributed by atoms with van der Waals surface area (Å²) in [5.74, 6) is 0.280. The van der Waals surface area contributed by atoms with Gasteiger partial charge in [0.05, 0.1) is 4.47 Å². The molecule has 0 aromatic carbocycles. The molecule has 0 saturated heterocycles. The van der Waals surface area contributed by atoms with Crippen LogP contribution >= 0.6 is 15.9 Å². The summed E-state index contributed by atoms with van der Waals surface area (Å²) in [7, 11) is 0. The van der Waals surface area contributed by atoms with E-state index >= 15 is 0 Å². The number of carbonyl (C=O) groups is 1. The number of hydrogen-bond acceptors (Lipinski definition) is 2. The van der Waals surface area contributed by atoms with E-state index < -0.39 is 5.97 Å². The minimum atomic E-state index is -0.986. The van der Waals surface area contributed by atoms with Crippen LogP contribution in [-0.2, 0) is 4.79 Å². The van der Waals surface area contributed by atoms with Crippen molar-refractivity contribution in [3.05, 3.63) is 28.1 Å². The highest BCUT2D eigenvalue weighted by atomic mass is 79.9. The van der Waals surface area contributed by atoms with E-state index in [1.807, 2.05) is 0 Å². The van der Waals surface area contributed by atoms with E-state index in [0.717, 1.165) is 16.3 Å². The first-order valence-electron chi connectivity index (χ1n) is 3.26. The number of rotatable bonds is 2. The van der Waals surface area contributed by atoms with Gasteiger partial charge in [-0.25, -0.2) is 4.79 Å². The topological polar surface area (TPSA) is 50.4 Å². The maximum Gasteiger partial charge on any atom is 0.328 e. The predicted octanol–water partition coefficient (Wildman–Crippen LogP) is 2.45. The molecule has 0 radical (unpaired) electrons. The van der Waals surface area contributed by atoms with Gasteiger partial charge in [-0.15, -0.1) is 0 Å². The fourth-order valence-electron chi connectivity index (χ4n) is 0.717. The predicted molar refractivity (Wildman–Crippen MR) is 47.8 cm³/mol. The second kappa shape index (κ2) is 3.58. The third kappa shape index (κ3) is 2.23. The van der Waals surface area contributed by atoms with Crippen LogP contribution in [0, 0.1) is 6.92 Å². The van der Waals surface area contributed by atoms with Crippen LogP contribution in [0.3, 0.4) is 0 Å². The molecule has 0 amide bonds. The van der Waals surface area contributed by atoms with Gasteiger partial charge in [0.15, 0.2) is 0 Å². The molecular weight excluding hydrogens is 224 g/mol. The first-order valence-corrected chi connectivity index (χ1v) is 4.06. The molecule has 0 unspecified atom stereocenters. The van der Waals surface area contributed by atoms with Gasteiger partial charge in [-0.3, -0.25) is 0 Å². The molecule has 1 aromatic heterocycles. The van der Waals surface area contributed by atoms with Gasteiger partial charge in [-0.1, -0.05) is 0 Å². The molecule has 0 aliphatic heterocycles. The lowest BCUT2D eigenvalue weighted by Crippen LogP contribution is -1.84. The fraction of sp³-hybridized carbons (Fsp3) is 0.125. The normalized spacial score (nSPS) is 10.8. The largest absolute Gasteiger partial charge is 0.478 e. The molecule has 0 aliphatic rings. The SMILES string of the molecule is Cc1oc(/C=C/C(=O)O)cc1Br. The van der Waals surface area contributed by atoms with Gasteiger partial charge >= 0.3 is 5.97 Å². The highest BCUT2D eigenvalue weighted by molar-refractivity contribution is 9.10.